The van der Waals surface area contributed by atoms with E-state index in [1.165, 1.54) is 0 Å². The Morgan fingerprint density at radius 1 is 0.868 bits per heavy atom. The number of alkyl carbamates (subject to hydrolysis) is 2. The van der Waals surface area contributed by atoms with E-state index in [0.717, 1.165) is 0 Å². The van der Waals surface area contributed by atoms with Gasteiger partial charge in [0.25, 0.3) is 0 Å². The zero-order chi connectivity index (χ0) is 28.9. The molecule has 0 spiro atoms. The number of benzene rings is 1. The predicted molar refractivity (Wildman–Crippen MR) is 146 cm³/mol. The maximum absolute atomic E-state index is 12.5. The van der Waals surface area contributed by atoms with Crippen molar-refractivity contribution in [3.8, 4) is 0 Å². The Balaban J connectivity index is 2.44. The number of hydrogen-bond acceptors (Lipinski definition) is 7. The molecule has 0 saturated carbocycles. The first-order chi connectivity index (χ1) is 17.7. The van der Waals surface area contributed by atoms with Crippen LogP contribution in [0.15, 0.2) is 24.3 Å². The van der Waals surface area contributed by atoms with E-state index in [1.54, 1.807) is 65.8 Å². The normalized spacial score (nSPS) is 12.5. The maximum Gasteiger partial charge on any atom is 0.407 e. The third kappa shape index (κ3) is 13.3. The van der Waals surface area contributed by atoms with E-state index in [4.69, 9.17) is 9.47 Å². The van der Waals surface area contributed by atoms with Gasteiger partial charge in [-0.15, -0.1) is 0 Å². The van der Waals surface area contributed by atoms with Crippen LogP contribution >= 0.6 is 15.9 Å². The second kappa shape index (κ2) is 15.8. The highest BCUT2D eigenvalue weighted by Gasteiger charge is 2.26. The molecule has 212 valence electrons. The minimum absolute atomic E-state index is 0.00270. The zero-order valence-corrected chi connectivity index (χ0v) is 24.2. The lowest BCUT2D eigenvalue weighted by Gasteiger charge is -2.23. The maximum atomic E-state index is 12.5. The lowest BCUT2D eigenvalue weighted by molar-refractivity contribution is -0.131. The molecule has 1 aromatic carbocycles. The number of anilines is 1. The standard InChI is InChI=1S/C25H38BrN5O7/c1-15(2)20(31-19(32)13-26)22(34)29-16(3)21(33)30-18-9-7-17(8-10-18)14-37-23(35)27-11-12-28-24(36)38-25(4,5)6/h7-10,15-16,20H,11-14H2,1-6H3,(H,27,35)(H,28,36)(H,29,34)(H,30,33)(H,31,32)/t16-,20-/m0/s1. The third-order valence-corrected chi connectivity index (χ3v) is 5.30. The van der Waals surface area contributed by atoms with Crippen molar-refractivity contribution in [2.45, 2.75) is 65.8 Å². The third-order valence-electron chi connectivity index (χ3n) is 4.79. The van der Waals surface area contributed by atoms with Crippen molar-refractivity contribution in [1.82, 2.24) is 21.3 Å². The fourth-order valence-electron chi connectivity index (χ4n) is 2.89. The van der Waals surface area contributed by atoms with Gasteiger partial charge in [0.2, 0.25) is 17.7 Å². The smallest absolute Gasteiger partial charge is 0.407 e. The van der Waals surface area contributed by atoms with Gasteiger partial charge in [-0.05, 0) is 51.3 Å². The fraction of sp³-hybridized carbons (Fsp3) is 0.560. The number of carbonyl (C=O) groups is 5. The molecule has 0 radical (unpaired) electrons. The lowest BCUT2D eigenvalue weighted by atomic mass is 10.0. The van der Waals surface area contributed by atoms with Gasteiger partial charge in [-0.1, -0.05) is 41.9 Å². The lowest BCUT2D eigenvalue weighted by Crippen LogP contribution is -2.53. The van der Waals surface area contributed by atoms with Crippen LogP contribution in [0.1, 0.15) is 47.1 Å². The van der Waals surface area contributed by atoms with Crippen LogP contribution in [-0.4, -0.2) is 66.0 Å². The monoisotopic (exact) mass is 599 g/mol. The molecule has 38 heavy (non-hydrogen) atoms. The summed E-state index contributed by atoms with van der Waals surface area (Å²) in [6.07, 6.45) is -1.22. The number of alkyl halides is 1. The summed E-state index contributed by atoms with van der Waals surface area (Å²) >= 11 is 3.05. The Labute approximate surface area is 231 Å². The Morgan fingerprint density at radius 3 is 1.97 bits per heavy atom. The van der Waals surface area contributed by atoms with Crippen LogP contribution in [0, 0.1) is 5.92 Å². The average molecular weight is 601 g/mol. The van der Waals surface area contributed by atoms with E-state index in [0.29, 0.717) is 11.3 Å². The second-order valence-electron chi connectivity index (χ2n) is 9.77. The molecule has 1 aromatic rings. The summed E-state index contributed by atoms with van der Waals surface area (Å²) in [6.45, 7) is 10.7. The topological polar surface area (TPSA) is 164 Å². The summed E-state index contributed by atoms with van der Waals surface area (Å²) in [4.78, 5) is 60.1. The number of amides is 5. The summed E-state index contributed by atoms with van der Waals surface area (Å²) in [5, 5.41) is 13.0. The van der Waals surface area contributed by atoms with Crippen molar-refractivity contribution in [3.63, 3.8) is 0 Å². The Kier molecular flexibility index (Phi) is 13.6. The second-order valence-corrected chi connectivity index (χ2v) is 10.3. The molecule has 1 rings (SSSR count). The molecule has 0 saturated heterocycles. The Bertz CT molecular complexity index is 964. The van der Waals surface area contributed by atoms with Gasteiger partial charge in [0, 0.05) is 18.8 Å². The van der Waals surface area contributed by atoms with E-state index in [-0.39, 0.29) is 36.9 Å². The van der Waals surface area contributed by atoms with Gasteiger partial charge in [0.1, 0.15) is 24.3 Å². The van der Waals surface area contributed by atoms with Crippen molar-refractivity contribution in [2.24, 2.45) is 5.92 Å². The first-order valence-corrected chi connectivity index (χ1v) is 13.3. The summed E-state index contributed by atoms with van der Waals surface area (Å²) in [5.74, 6) is -1.38. The van der Waals surface area contributed by atoms with Crippen LogP contribution < -0.4 is 26.6 Å². The van der Waals surface area contributed by atoms with E-state index in [1.807, 2.05) is 0 Å². The summed E-state index contributed by atoms with van der Waals surface area (Å²) in [6, 6.07) is 5.03. The molecule has 5 amide bonds. The minimum Gasteiger partial charge on any atom is -0.445 e. The largest absolute Gasteiger partial charge is 0.445 e. The van der Waals surface area contributed by atoms with Crippen LogP contribution in [0.4, 0.5) is 15.3 Å². The first-order valence-electron chi connectivity index (χ1n) is 12.1. The fourth-order valence-corrected chi connectivity index (χ4v) is 3.06. The van der Waals surface area contributed by atoms with Crippen molar-refractivity contribution in [1.29, 1.82) is 0 Å². The summed E-state index contributed by atoms with van der Waals surface area (Å²) in [5.41, 5.74) is 0.576. The molecular formula is C25H38BrN5O7. The first kappa shape index (κ1) is 32.7. The number of ether oxygens (including phenoxy) is 2. The number of rotatable bonds is 12. The van der Waals surface area contributed by atoms with Crippen molar-refractivity contribution in [2.75, 3.05) is 23.7 Å². The Morgan fingerprint density at radius 2 is 1.45 bits per heavy atom. The van der Waals surface area contributed by atoms with Crippen molar-refractivity contribution in [3.05, 3.63) is 29.8 Å². The van der Waals surface area contributed by atoms with Crippen molar-refractivity contribution < 1.29 is 33.4 Å². The summed E-state index contributed by atoms with van der Waals surface area (Å²) in [7, 11) is 0. The summed E-state index contributed by atoms with van der Waals surface area (Å²) < 4.78 is 10.2. The predicted octanol–water partition coefficient (Wildman–Crippen LogP) is 2.42. The molecule has 5 N–H and O–H groups in total. The molecule has 0 heterocycles. The molecular weight excluding hydrogens is 562 g/mol. The van der Waals surface area contributed by atoms with Gasteiger partial charge in [0.05, 0.1) is 5.33 Å². The molecule has 0 unspecified atom stereocenters. The van der Waals surface area contributed by atoms with Crippen LogP contribution in [0.2, 0.25) is 0 Å². The molecule has 0 bridgehead atoms. The molecule has 0 aromatic heterocycles. The minimum atomic E-state index is -0.846. The van der Waals surface area contributed by atoms with Crippen molar-refractivity contribution >= 4 is 51.5 Å². The van der Waals surface area contributed by atoms with Crippen LogP contribution in [0.25, 0.3) is 0 Å². The van der Waals surface area contributed by atoms with E-state index in [2.05, 4.69) is 42.5 Å². The quantitative estimate of drug-likeness (QED) is 0.182. The van der Waals surface area contributed by atoms with E-state index in [9.17, 15) is 24.0 Å². The molecule has 2 atom stereocenters. The van der Waals surface area contributed by atoms with E-state index >= 15 is 0 Å². The average Bonchev–Trinajstić information content (AvgIpc) is 2.83. The van der Waals surface area contributed by atoms with Gasteiger partial charge in [-0.25, -0.2) is 9.59 Å². The van der Waals surface area contributed by atoms with Gasteiger partial charge < -0.3 is 36.1 Å². The van der Waals surface area contributed by atoms with Crippen LogP contribution in [0.3, 0.4) is 0 Å². The van der Waals surface area contributed by atoms with Gasteiger partial charge in [0.15, 0.2) is 0 Å². The molecule has 12 nitrogen and oxygen atoms in total. The highest BCUT2D eigenvalue weighted by atomic mass is 79.9. The van der Waals surface area contributed by atoms with Gasteiger partial charge >= 0.3 is 12.2 Å². The molecule has 0 fully saturated rings. The SMILES string of the molecule is CC(C)[C@H](NC(=O)CBr)C(=O)N[C@@H](C)C(=O)Nc1ccc(COC(=O)NCCNC(=O)OC(C)(C)C)cc1. The van der Waals surface area contributed by atoms with Gasteiger partial charge in [-0.3, -0.25) is 14.4 Å². The molecule has 0 aliphatic rings. The van der Waals surface area contributed by atoms with E-state index < -0.39 is 41.7 Å². The molecule has 0 aliphatic carbocycles. The zero-order valence-electron chi connectivity index (χ0n) is 22.6. The number of hydrogen-bond donors (Lipinski definition) is 5. The highest BCUT2D eigenvalue weighted by Crippen LogP contribution is 2.11. The molecule has 13 heteroatoms. The van der Waals surface area contributed by atoms with Crippen LogP contribution in [0.5, 0.6) is 0 Å². The van der Waals surface area contributed by atoms with Gasteiger partial charge in [-0.2, -0.15) is 0 Å². The number of carbonyl (C=O) groups excluding carboxylic acids is 5. The highest BCUT2D eigenvalue weighted by molar-refractivity contribution is 9.09. The molecule has 0 aliphatic heterocycles. The number of halogens is 1. The Hall–Kier alpha value is -3.35. The number of nitrogens with one attached hydrogen (secondary N) is 5. The van der Waals surface area contributed by atoms with Crippen LogP contribution in [-0.2, 0) is 30.5 Å².